The molecule has 186 valence electrons. The molecule has 0 saturated heterocycles. The van der Waals surface area contributed by atoms with Gasteiger partial charge in [-0.25, -0.2) is 13.9 Å². The number of amides is 2. The molecule has 4 rings (SSSR count). The van der Waals surface area contributed by atoms with Crippen molar-refractivity contribution in [2.24, 2.45) is 0 Å². The maximum Gasteiger partial charge on any atom is 0.409 e. The number of hydrogen-bond donors (Lipinski definition) is 1. The molecule has 2 heterocycles. The van der Waals surface area contributed by atoms with Gasteiger partial charge in [-0.3, -0.25) is 4.90 Å². The molecular formula is C24H23BrF4N4O2. The van der Waals surface area contributed by atoms with Crippen LogP contribution in [-0.4, -0.2) is 35.1 Å². The minimum absolute atomic E-state index is 0.0588. The van der Waals surface area contributed by atoms with E-state index >= 15 is 0 Å². The van der Waals surface area contributed by atoms with E-state index in [1.807, 2.05) is 6.92 Å². The van der Waals surface area contributed by atoms with Gasteiger partial charge in [0.1, 0.15) is 17.6 Å². The summed E-state index contributed by atoms with van der Waals surface area (Å²) in [6, 6.07) is 7.30. The Kier molecular flexibility index (Phi) is 7.07. The van der Waals surface area contributed by atoms with Crippen molar-refractivity contribution in [3.8, 4) is 11.4 Å². The second kappa shape index (κ2) is 9.88. The number of aromatic nitrogens is 2. The van der Waals surface area contributed by atoms with Gasteiger partial charge in [-0.15, -0.1) is 0 Å². The molecule has 3 aromatic rings. The fourth-order valence-electron chi connectivity index (χ4n) is 4.28. The maximum absolute atomic E-state index is 14.0. The van der Waals surface area contributed by atoms with Crippen LogP contribution in [0.5, 0.6) is 5.75 Å². The summed E-state index contributed by atoms with van der Waals surface area (Å²) >= 11 is 3.40. The Hall–Kier alpha value is -3.08. The Balaban J connectivity index is 1.68. The van der Waals surface area contributed by atoms with Crippen LogP contribution in [0.2, 0.25) is 0 Å². The van der Waals surface area contributed by atoms with Crippen LogP contribution in [0.3, 0.4) is 0 Å². The van der Waals surface area contributed by atoms with Crippen molar-refractivity contribution >= 4 is 27.6 Å². The van der Waals surface area contributed by atoms with Crippen LogP contribution in [-0.2, 0) is 6.42 Å². The Morgan fingerprint density at radius 1 is 1.26 bits per heavy atom. The Morgan fingerprint density at radius 3 is 2.57 bits per heavy atom. The summed E-state index contributed by atoms with van der Waals surface area (Å²) < 4.78 is 62.7. The fraction of sp³-hybridized carbons (Fsp3) is 0.333. The molecule has 0 fully saturated rings. The zero-order valence-corrected chi connectivity index (χ0v) is 20.5. The number of carbonyl (C=O) groups is 1. The first-order valence-corrected chi connectivity index (χ1v) is 11.8. The predicted octanol–water partition coefficient (Wildman–Crippen LogP) is 6.33. The lowest BCUT2D eigenvalue weighted by atomic mass is 10.00. The topological polar surface area (TPSA) is 59.4 Å². The van der Waals surface area contributed by atoms with Crippen molar-refractivity contribution in [1.29, 1.82) is 0 Å². The summed E-state index contributed by atoms with van der Waals surface area (Å²) in [6.07, 6.45) is -3.18. The van der Waals surface area contributed by atoms with Crippen LogP contribution in [0.4, 0.5) is 28.0 Å². The highest BCUT2D eigenvalue weighted by molar-refractivity contribution is 9.10. The lowest BCUT2D eigenvalue weighted by Crippen LogP contribution is -2.55. The number of ether oxygens (including phenoxy) is 1. The summed E-state index contributed by atoms with van der Waals surface area (Å²) in [7, 11) is 1.52. The number of nitrogens with one attached hydrogen (secondary N) is 1. The summed E-state index contributed by atoms with van der Waals surface area (Å²) in [4.78, 5) is 14.1. The first-order chi connectivity index (χ1) is 16.6. The standard InChI is InChI=1S/C24H23BrF4N4O2/c1-3-18(14-4-10-21(35-2)17(25)12-14)31-23(34)32-20-13-30-33(16-7-5-15(26)6-8-16)19(20)9-11-22(32)24(27,28)29/h4-8,10,12-13,18,22H,3,9,11H2,1-2H3,(H,31,34)/t18-,22-/m0/s1. The van der Waals surface area contributed by atoms with Gasteiger partial charge < -0.3 is 10.1 Å². The largest absolute Gasteiger partial charge is 0.496 e. The van der Waals surface area contributed by atoms with Crippen LogP contribution >= 0.6 is 15.9 Å². The molecule has 1 aliphatic heterocycles. The second-order valence-corrected chi connectivity index (χ2v) is 8.99. The van der Waals surface area contributed by atoms with E-state index in [9.17, 15) is 22.4 Å². The lowest BCUT2D eigenvalue weighted by molar-refractivity contribution is -0.149. The number of alkyl halides is 3. The molecular weight excluding hydrogens is 532 g/mol. The van der Waals surface area contributed by atoms with Crippen molar-refractivity contribution in [2.75, 3.05) is 12.0 Å². The van der Waals surface area contributed by atoms with Crippen molar-refractivity contribution < 1.29 is 27.1 Å². The van der Waals surface area contributed by atoms with E-state index in [1.165, 1.54) is 42.3 Å². The summed E-state index contributed by atoms with van der Waals surface area (Å²) in [5.41, 5.74) is 1.74. The van der Waals surface area contributed by atoms with Crippen LogP contribution in [0.25, 0.3) is 5.69 Å². The van der Waals surface area contributed by atoms with Gasteiger partial charge in [-0.1, -0.05) is 13.0 Å². The number of fused-ring (bicyclic) bond motifs is 1. The van der Waals surface area contributed by atoms with Crippen LogP contribution < -0.4 is 15.0 Å². The van der Waals surface area contributed by atoms with E-state index in [4.69, 9.17) is 4.74 Å². The minimum atomic E-state index is -4.63. The maximum atomic E-state index is 14.0. The molecule has 6 nitrogen and oxygen atoms in total. The molecule has 2 amide bonds. The van der Waals surface area contributed by atoms with E-state index in [1.54, 1.807) is 18.2 Å². The molecule has 0 aliphatic carbocycles. The van der Waals surface area contributed by atoms with Crippen molar-refractivity contribution in [3.05, 3.63) is 70.2 Å². The van der Waals surface area contributed by atoms with Gasteiger partial charge in [-0.2, -0.15) is 18.3 Å². The summed E-state index contributed by atoms with van der Waals surface area (Å²) in [5, 5.41) is 6.98. The average molecular weight is 555 g/mol. The van der Waals surface area contributed by atoms with Gasteiger partial charge in [0.05, 0.1) is 40.9 Å². The van der Waals surface area contributed by atoms with Gasteiger partial charge in [0.25, 0.3) is 0 Å². The van der Waals surface area contributed by atoms with Crippen molar-refractivity contribution in [2.45, 2.75) is 44.4 Å². The highest BCUT2D eigenvalue weighted by Crippen LogP contribution is 2.39. The third-order valence-electron chi connectivity index (χ3n) is 6.02. The highest BCUT2D eigenvalue weighted by atomic mass is 79.9. The first kappa shape index (κ1) is 25.0. The molecule has 0 spiro atoms. The summed E-state index contributed by atoms with van der Waals surface area (Å²) in [6.45, 7) is 1.83. The fourth-order valence-corrected chi connectivity index (χ4v) is 4.83. The quantitative estimate of drug-likeness (QED) is 0.375. The molecule has 35 heavy (non-hydrogen) atoms. The second-order valence-electron chi connectivity index (χ2n) is 8.14. The van der Waals surface area contributed by atoms with Crippen molar-refractivity contribution in [1.82, 2.24) is 15.1 Å². The van der Waals surface area contributed by atoms with Crippen LogP contribution in [0.1, 0.15) is 37.1 Å². The monoisotopic (exact) mass is 554 g/mol. The molecule has 11 heteroatoms. The number of methoxy groups -OCH3 is 1. The highest BCUT2D eigenvalue weighted by Gasteiger charge is 2.49. The normalized spacial score (nSPS) is 16.5. The van der Waals surface area contributed by atoms with E-state index in [0.717, 1.165) is 10.5 Å². The number of anilines is 1. The Bertz CT molecular complexity index is 1210. The number of carbonyl (C=O) groups excluding carboxylic acids is 1. The average Bonchev–Trinajstić information content (AvgIpc) is 3.25. The van der Waals surface area contributed by atoms with E-state index in [-0.39, 0.29) is 18.5 Å². The number of benzene rings is 2. The molecule has 2 atom stereocenters. The van der Waals surface area contributed by atoms with E-state index in [2.05, 4.69) is 26.3 Å². The summed E-state index contributed by atoms with van der Waals surface area (Å²) in [5.74, 6) is 0.157. The van der Waals surface area contributed by atoms with Gasteiger partial charge in [0, 0.05) is 0 Å². The number of hydrogen-bond acceptors (Lipinski definition) is 3. The SMILES string of the molecule is CC[C@H](NC(=O)N1c2cnn(-c3ccc(F)cc3)c2CC[C@H]1C(F)(F)F)c1ccc(OC)c(Br)c1. The van der Waals surface area contributed by atoms with Crippen LogP contribution in [0, 0.1) is 5.82 Å². The van der Waals surface area contributed by atoms with Crippen LogP contribution in [0.15, 0.2) is 53.1 Å². The van der Waals surface area contributed by atoms with Gasteiger partial charge in [0.2, 0.25) is 0 Å². The molecule has 0 saturated carbocycles. The zero-order chi connectivity index (χ0) is 25.3. The van der Waals surface area contributed by atoms with Gasteiger partial charge >= 0.3 is 12.2 Å². The molecule has 1 aliphatic rings. The molecule has 0 unspecified atom stereocenters. The van der Waals surface area contributed by atoms with Gasteiger partial charge in [0.15, 0.2) is 0 Å². The minimum Gasteiger partial charge on any atom is -0.496 e. The molecule has 0 radical (unpaired) electrons. The predicted molar refractivity (Wildman–Crippen MR) is 126 cm³/mol. The number of nitrogens with zero attached hydrogens (tertiary/aromatic N) is 3. The first-order valence-electron chi connectivity index (χ1n) is 11.0. The third-order valence-corrected chi connectivity index (χ3v) is 6.64. The number of urea groups is 1. The zero-order valence-electron chi connectivity index (χ0n) is 18.9. The smallest absolute Gasteiger partial charge is 0.409 e. The Labute approximate surface area is 208 Å². The Morgan fingerprint density at radius 2 is 1.97 bits per heavy atom. The molecule has 1 N–H and O–H groups in total. The molecule has 0 bridgehead atoms. The van der Waals surface area contributed by atoms with Gasteiger partial charge in [-0.05, 0) is 77.2 Å². The van der Waals surface area contributed by atoms with E-state index < -0.39 is 30.1 Å². The molecule has 1 aromatic heterocycles. The number of rotatable bonds is 5. The third kappa shape index (κ3) is 5.00. The number of halogens is 5. The lowest BCUT2D eigenvalue weighted by Gasteiger charge is -2.37. The molecule has 2 aromatic carbocycles. The van der Waals surface area contributed by atoms with E-state index in [0.29, 0.717) is 28.0 Å². The van der Waals surface area contributed by atoms with Crippen molar-refractivity contribution in [3.63, 3.8) is 0 Å².